The van der Waals surface area contributed by atoms with Crippen LogP contribution in [0, 0.1) is 6.92 Å². The molecule has 8 heteroatoms. The Hall–Kier alpha value is -2.64. The molecule has 3 aromatic rings. The third-order valence-corrected chi connectivity index (χ3v) is 6.67. The number of amides is 1. The minimum atomic E-state index is -0.394. The lowest BCUT2D eigenvalue weighted by molar-refractivity contribution is 0.0526. The van der Waals surface area contributed by atoms with Crippen molar-refractivity contribution in [2.75, 3.05) is 11.9 Å². The van der Waals surface area contributed by atoms with E-state index in [2.05, 4.69) is 10.4 Å². The van der Waals surface area contributed by atoms with Gasteiger partial charge in [0, 0.05) is 4.88 Å². The van der Waals surface area contributed by atoms with E-state index in [1.807, 2.05) is 30.3 Å². The highest BCUT2D eigenvalue weighted by molar-refractivity contribution is 7.17. The van der Waals surface area contributed by atoms with Crippen molar-refractivity contribution in [3.8, 4) is 5.69 Å². The number of halogens is 1. The number of nitrogens with one attached hydrogen (secondary N) is 1. The molecule has 1 aliphatic rings. The largest absolute Gasteiger partial charge is 0.462 e. The molecular weight excluding hydrogens is 422 g/mol. The molecule has 1 amide bonds. The molecule has 30 heavy (non-hydrogen) atoms. The topological polar surface area (TPSA) is 73.2 Å². The lowest BCUT2D eigenvalue weighted by atomic mass is 9.95. The van der Waals surface area contributed by atoms with E-state index in [9.17, 15) is 9.59 Å². The van der Waals surface area contributed by atoms with E-state index in [0.29, 0.717) is 21.8 Å². The number of anilines is 1. The van der Waals surface area contributed by atoms with E-state index in [1.165, 1.54) is 16.0 Å². The smallest absolute Gasteiger partial charge is 0.341 e. The summed E-state index contributed by atoms with van der Waals surface area (Å²) in [6.45, 7) is 3.80. The third-order valence-electron chi connectivity index (χ3n) is 5.11. The van der Waals surface area contributed by atoms with Crippen molar-refractivity contribution in [3.63, 3.8) is 0 Å². The van der Waals surface area contributed by atoms with Gasteiger partial charge in [0.25, 0.3) is 5.91 Å². The number of thiophene rings is 1. The predicted molar refractivity (Wildman–Crippen MR) is 118 cm³/mol. The van der Waals surface area contributed by atoms with Crippen LogP contribution in [-0.4, -0.2) is 28.3 Å². The molecule has 4 rings (SSSR count). The van der Waals surface area contributed by atoms with Gasteiger partial charge in [0.2, 0.25) is 0 Å². The van der Waals surface area contributed by atoms with Crippen LogP contribution in [0.4, 0.5) is 5.00 Å². The fourth-order valence-electron chi connectivity index (χ4n) is 3.74. The molecule has 0 bridgehead atoms. The van der Waals surface area contributed by atoms with Crippen LogP contribution in [0.15, 0.2) is 30.3 Å². The summed E-state index contributed by atoms with van der Waals surface area (Å²) in [6, 6.07) is 9.39. The average Bonchev–Trinajstić information content (AvgIpc) is 3.25. The van der Waals surface area contributed by atoms with Gasteiger partial charge in [-0.15, -0.1) is 11.3 Å². The summed E-state index contributed by atoms with van der Waals surface area (Å²) in [5.41, 5.74) is 3.06. The predicted octanol–water partition coefficient (Wildman–Crippen LogP) is 5.20. The molecule has 0 radical (unpaired) electrons. The van der Waals surface area contributed by atoms with Gasteiger partial charge in [-0.3, -0.25) is 4.79 Å². The van der Waals surface area contributed by atoms with Crippen molar-refractivity contribution in [3.05, 3.63) is 62.7 Å². The Labute approximate surface area is 183 Å². The number of hydrogen-bond donors (Lipinski definition) is 1. The zero-order valence-electron chi connectivity index (χ0n) is 16.8. The Balaban J connectivity index is 1.69. The second kappa shape index (κ2) is 8.62. The fraction of sp³-hybridized carbons (Fsp3) is 0.318. The highest BCUT2D eigenvalue weighted by Gasteiger charge is 2.29. The summed E-state index contributed by atoms with van der Waals surface area (Å²) in [5, 5.41) is 8.09. The second-order valence-corrected chi connectivity index (χ2v) is 8.55. The summed E-state index contributed by atoms with van der Waals surface area (Å²) in [4.78, 5) is 26.9. The molecular formula is C22H22ClN3O3S. The minimum Gasteiger partial charge on any atom is -0.462 e. The van der Waals surface area contributed by atoms with Crippen LogP contribution in [0.5, 0.6) is 0 Å². The van der Waals surface area contributed by atoms with E-state index in [-0.39, 0.29) is 17.7 Å². The SMILES string of the molecule is CCOC(=O)c1c(NC(=O)c2c(C)nn(-c3ccccc3)c2Cl)sc2c1CCCC2. The Morgan fingerprint density at radius 1 is 1.20 bits per heavy atom. The number of hydrogen-bond acceptors (Lipinski definition) is 5. The average molecular weight is 444 g/mol. The minimum absolute atomic E-state index is 0.232. The Morgan fingerprint density at radius 3 is 2.67 bits per heavy atom. The number of para-hydroxylation sites is 1. The first-order chi connectivity index (χ1) is 14.5. The molecule has 1 aromatic carbocycles. The normalized spacial score (nSPS) is 13.0. The second-order valence-electron chi connectivity index (χ2n) is 7.09. The standard InChI is InChI=1S/C22H22ClN3O3S/c1-3-29-22(28)18-15-11-7-8-12-16(15)30-21(18)24-20(27)17-13(2)25-26(19(17)23)14-9-5-4-6-10-14/h4-6,9-10H,3,7-8,11-12H2,1-2H3,(H,24,27). The van der Waals surface area contributed by atoms with Gasteiger partial charge in [0.15, 0.2) is 0 Å². The number of nitrogens with zero attached hydrogens (tertiary/aromatic N) is 2. The van der Waals surface area contributed by atoms with Crippen molar-refractivity contribution in [2.24, 2.45) is 0 Å². The number of esters is 1. The van der Waals surface area contributed by atoms with E-state index in [0.717, 1.165) is 41.8 Å². The lowest BCUT2D eigenvalue weighted by Gasteiger charge is -2.12. The maximum Gasteiger partial charge on any atom is 0.341 e. The molecule has 1 aliphatic carbocycles. The zero-order chi connectivity index (χ0) is 21.3. The van der Waals surface area contributed by atoms with Crippen LogP contribution in [0.3, 0.4) is 0 Å². The highest BCUT2D eigenvalue weighted by atomic mass is 35.5. The Morgan fingerprint density at radius 2 is 1.93 bits per heavy atom. The van der Waals surface area contributed by atoms with Gasteiger partial charge >= 0.3 is 5.97 Å². The third kappa shape index (κ3) is 3.75. The van der Waals surface area contributed by atoms with Gasteiger partial charge in [0.1, 0.15) is 15.7 Å². The van der Waals surface area contributed by atoms with Gasteiger partial charge in [-0.05, 0) is 57.2 Å². The summed E-state index contributed by atoms with van der Waals surface area (Å²) in [5.74, 6) is -0.779. The lowest BCUT2D eigenvalue weighted by Crippen LogP contribution is -2.16. The maximum atomic E-state index is 13.2. The maximum absolute atomic E-state index is 13.2. The number of fused-ring (bicyclic) bond motifs is 1. The molecule has 0 unspecified atom stereocenters. The number of aryl methyl sites for hydroxylation is 2. The van der Waals surface area contributed by atoms with E-state index in [1.54, 1.807) is 13.8 Å². The first kappa shape index (κ1) is 20.6. The van der Waals surface area contributed by atoms with E-state index in [4.69, 9.17) is 16.3 Å². The number of carbonyl (C=O) groups excluding carboxylic acids is 2. The van der Waals surface area contributed by atoms with Crippen molar-refractivity contribution in [1.82, 2.24) is 9.78 Å². The molecule has 2 aromatic heterocycles. The number of benzene rings is 1. The van der Waals surface area contributed by atoms with Crippen LogP contribution in [-0.2, 0) is 17.6 Å². The number of ether oxygens (including phenoxy) is 1. The van der Waals surface area contributed by atoms with Gasteiger partial charge in [-0.25, -0.2) is 9.48 Å². The first-order valence-electron chi connectivity index (χ1n) is 9.94. The van der Waals surface area contributed by atoms with Crippen molar-refractivity contribution >= 4 is 39.8 Å². The molecule has 156 valence electrons. The fourth-order valence-corrected chi connectivity index (χ4v) is 5.37. The van der Waals surface area contributed by atoms with Gasteiger partial charge in [-0.1, -0.05) is 29.8 Å². The van der Waals surface area contributed by atoms with Crippen LogP contribution >= 0.6 is 22.9 Å². The Kier molecular flexibility index (Phi) is 5.92. The van der Waals surface area contributed by atoms with Crippen LogP contribution in [0.25, 0.3) is 5.69 Å². The number of aromatic nitrogens is 2. The summed E-state index contributed by atoms with van der Waals surface area (Å²) < 4.78 is 6.80. The van der Waals surface area contributed by atoms with Crippen molar-refractivity contribution in [1.29, 1.82) is 0 Å². The Bertz CT molecular complexity index is 1100. The van der Waals surface area contributed by atoms with Crippen LogP contribution in [0.1, 0.15) is 56.6 Å². The van der Waals surface area contributed by atoms with Gasteiger partial charge in [-0.2, -0.15) is 5.10 Å². The summed E-state index contributed by atoms with van der Waals surface area (Å²) in [6.07, 6.45) is 3.84. The van der Waals surface area contributed by atoms with Crippen molar-refractivity contribution < 1.29 is 14.3 Å². The van der Waals surface area contributed by atoms with Crippen LogP contribution < -0.4 is 5.32 Å². The molecule has 0 saturated carbocycles. The number of rotatable bonds is 5. The molecule has 0 atom stereocenters. The van der Waals surface area contributed by atoms with Crippen LogP contribution in [0.2, 0.25) is 5.15 Å². The van der Waals surface area contributed by atoms with Gasteiger partial charge in [0.05, 0.1) is 23.6 Å². The molecule has 1 N–H and O–H groups in total. The number of carbonyl (C=O) groups is 2. The molecule has 2 heterocycles. The highest BCUT2D eigenvalue weighted by Crippen LogP contribution is 2.39. The molecule has 0 spiro atoms. The molecule has 0 saturated heterocycles. The zero-order valence-corrected chi connectivity index (χ0v) is 18.4. The van der Waals surface area contributed by atoms with E-state index >= 15 is 0 Å². The van der Waals surface area contributed by atoms with E-state index < -0.39 is 5.97 Å². The quantitative estimate of drug-likeness (QED) is 0.550. The molecule has 0 aliphatic heterocycles. The van der Waals surface area contributed by atoms with Gasteiger partial charge < -0.3 is 10.1 Å². The molecule has 6 nitrogen and oxygen atoms in total. The summed E-state index contributed by atoms with van der Waals surface area (Å²) in [7, 11) is 0. The van der Waals surface area contributed by atoms with Crippen molar-refractivity contribution in [2.45, 2.75) is 39.5 Å². The molecule has 0 fully saturated rings. The summed E-state index contributed by atoms with van der Waals surface area (Å²) >= 11 is 7.98. The monoisotopic (exact) mass is 443 g/mol. The first-order valence-corrected chi connectivity index (χ1v) is 11.1.